The highest BCUT2D eigenvalue weighted by Gasteiger charge is 2.70. The number of hydrogen-bond acceptors (Lipinski definition) is 6. The zero-order valence-corrected chi connectivity index (χ0v) is 19.7. The van der Waals surface area contributed by atoms with Gasteiger partial charge in [0.25, 0.3) is 5.91 Å². The van der Waals surface area contributed by atoms with Gasteiger partial charge in [-0.1, -0.05) is 20.8 Å². The van der Waals surface area contributed by atoms with E-state index in [1.807, 2.05) is 13.1 Å². The minimum atomic E-state index is -2.49. The Morgan fingerprint density at radius 2 is 1.68 bits per heavy atom. The largest absolute Gasteiger partial charge is 0.481 e. The fraction of sp³-hybridized carbons (Fsp3) is 0.895. The maximum Gasteiger partial charge on any atom is 0.414 e. The third-order valence-corrected chi connectivity index (χ3v) is 9.84. The molecule has 2 heterocycles. The van der Waals surface area contributed by atoms with Gasteiger partial charge in [0, 0.05) is 6.54 Å². The summed E-state index contributed by atoms with van der Waals surface area (Å²) < 4.78 is 24.3. The van der Waals surface area contributed by atoms with Crippen LogP contribution < -0.4 is 0 Å². The second-order valence-electron chi connectivity index (χ2n) is 10.6. The molecule has 2 rings (SSSR count). The molecule has 162 valence electrons. The van der Waals surface area contributed by atoms with E-state index < -0.39 is 49.7 Å². The lowest BCUT2D eigenvalue weighted by molar-refractivity contribution is -0.274. The molecule has 0 aliphatic carbocycles. The normalized spacial score (nSPS) is 30.3. The molecule has 8 nitrogen and oxygen atoms in total. The van der Waals surface area contributed by atoms with Crippen molar-refractivity contribution in [3.8, 4) is 0 Å². The maximum absolute atomic E-state index is 13.0. The van der Waals surface area contributed by atoms with Crippen LogP contribution in [0, 0.1) is 5.92 Å². The number of likely N-dealkylation sites (tertiary alicyclic amines) is 1. The molecule has 2 aliphatic rings. The Labute approximate surface area is 168 Å². The van der Waals surface area contributed by atoms with Gasteiger partial charge < -0.3 is 19.0 Å². The van der Waals surface area contributed by atoms with Crippen LogP contribution in [0.2, 0.25) is 18.1 Å². The summed E-state index contributed by atoms with van der Waals surface area (Å²) >= 11 is 0. The van der Waals surface area contributed by atoms with Crippen LogP contribution in [0.4, 0.5) is 4.79 Å². The highest BCUT2D eigenvalue weighted by Crippen LogP contribution is 2.52. The van der Waals surface area contributed by atoms with Gasteiger partial charge in [-0.05, 0) is 52.8 Å². The number of nitrogens with zero attached hydrogens (tertiary/aromatic N) is 1. The standard InChI is InChI=1S/C19H35NO7Si/c1-16(2,3)25-15(23)20-11-12(14(21)22)13-19(20,26-18(7,8)24-13)27-28(9,10)17(4,5)6/h12-13H,11H2,1-10H3,(H,21,22)/t12-,13+,19-/m1/s1. The third-order valence-electron chi connectivity index (χ3n) is 5.42. The number of carbonyl (C=O) groups excluding carboxylic acids is 1. The van der Waals surface area contributed by atoms with Gasteiger partial charge in [0.2, 0.25) is 0 Å². The van der Waals surface area contributed by atoms with Crippen LogP contribution >= 0.6 is 0 Å². The van der Waals surface area contributed by atoms with E-state index in [0.29, 0.717) is 0 Å². The Balaban J connectivity index is 2.56. The first-order valence-electron chi connectivity index (χ1n) is 9.63. The van der Waals surface area contributed by atoms with Crippen molar-refractivity contribution in [1.82, 2.24) is 4.90 Å². The maximum atomic E-state index is 13.0. The molecule has 1 N–H and O–H groups in total. The number of ether oxygens (including phenoxy) is 3. The average Bonchev–Trinajstić information content (AvgIpc) is 2.81. The molecule has 0 spiro atoms. The van der Waals surface area contributed by atoms with Gasteiger partial charge in [0.1, 0.15) is 11.5 Å². The Bertz CT molecular complexity index is 650. The molecular weight excluding hydrogens is 382 g/mol. The fourth-order valence-electron chi connectivity index (χ4n) is 3.16. The second-order valence-corrected chi connectivity index (χ2v) is 15.3. The van der Waals surface area contributed by atoms with Crippen molar-refractivity contribution in [3.05, 3.63) is 0 Å². The average molecular weight is 418 g/mol. The molecule has 3 atom stereocenters. The van der Waals surface area contributed by atoms with Crippen molar-refractivity contribution in [3.63, 3.8) is 0 Å². The molecule has 0 radical (unpaired) electrons. The number of aliphatic carboxylic acids is 1. The van der Waals surface area contributed by atoms with Crippen molar-refractivity contribution in [2.75, 3.05) is 6.54 Å². The second kappa shape index (κ2) is 6.68. The topological polar surface area (TPSA) is 94.5 Å². The van der Waals surface area contributed by atoms with E-state index in [9.17, 15) is 14.7 Å². The minimum Gasteiger partial charge on any atom is -0.481 e. The summed E-state index contributed by atoms with van der Waals surface area (Å²) in [7, 11) is -2.49. The first-order valence-corrected chi connectivity index (χ1v) is 12.5. The molecule has 2 aliphatic heterocycles. The summed E-state index contributed by atoms with van der Waals surface area (Å²) in [5, 5.41) is 9.59. The number of amides is 1. The summed E-state index contributed by atoms with van der Waals surface area (Å²) in [6.45, 7) is 18.8. The lowest BCUT2D eigenvalue weighted by atomic mass is 10.1. The van der Waals surface area contributed by atoms with E-state index in [0.717, 1.165) is 0 Å². The Hall–Kier alpha value is -1.16. The number of carboxylic acids is 1. The van der Waals surface area contributed by atoms with Crippen LogP contribution in [0.3, 0.4) is 0 Å². The van der Waals surface area contributed by atoms with Crippen molar-refractivity contribution >= 4 is 20.4 Å². The molecule has 0 aromatic rings. The molecule has 0 aromatic heterocycles. The summed E-state index contributed by atoms with van der Waals surface area (Å²) in [6, 6.07) is 0. The lowest BCUT2D eigenvalue weighted by Gasteiger charge is -2.46. The Morgan fingerprint density at radius 1 is 1.14 bits per heavy atom. The highest BCUT2D eigenvalue weighted by molar-refractivity contribution is 6.74. The molecule has 0 unspecified atom stereocenters. The molecule has 0 aromatic carbocycles. The van der Waals surface area contributed by atoms with Crippen LogP contribution in [-0.2, 0) is 23.4 Å². The fourth-order valence-corrected chi connectivity index (χ4v) is 4.46. The molecule has 28 heavy (non-hydrogen) atoms. The molecule has 9 heteroatoms. The first-order chi connectivity index (χ1) is 12.3. The van der Waals surface area contributed by atoms with Crippen LogP contribution in [0.15, 0.2) is 0 Å². The van der Waals surface area contributed by atoms with E-state index in [1.165, 1.54) is 4.90 Å². The van der Waals surface area contributed by atoms with E-state index in [2.05, 4.69) is 20.8 Å². The predicted octanol–water partition coefficient (Wildman–Crippen LogP) is 3.77. The number of hydrogen-bond donors (Lipinski definition) is 1. The van der Waals surface area contributed by atoms with Gasteiger partial charge in [-0.2, -0.15) is 0 Å². The number of carbonyl (C=O) groups is 2. The van der Waals surface area contributed by atoms with E-state index in [1.54, 1.807) is 34.6 Å². The number of fused-ring (bicyclic) bond motifs is 1. The van der Waals surface area contributed by atoms with Crippen molar-refractivity contribution in [2.45, 2.75) is 96.9 Å². The molecule has 1 amide bonds. The van der Waals surface area contributed by atoms with Crippen LogP contribution in [-0.4, -0.2) is 60.3 Å². The molecule has 0 bridgehead atoms. The smallest absolute Gasteiger partial charge is 0.414 e. The SMILES string of the molecule is CC(C)(C)OC(=O)N1C[C@@H](C(=O)O)[C@@H]2OC(C)(C)O[C@@]21O[Si](C)(C)C(C)(C)C. The van der Waals surface area contributed by atoms with Gasteiger partial charge in [-0.3, -0.25) is 14.4 Å². The zero-order valence-electron chi connectivity index (χ0n) is 18.7. The van der Waals surface area contributed by atoms with Crippen LogP contribution in [0.25, 0.3) is 0 Å². The third kappa shape index (κ3) is 4.22. The minimum absolute atomic E-state index is 0.111. The van der Waals surface area contributed by atoms with Crippen LogP contribution in [0.1, 0.15) is 55.4 Å². The monoisotopic (exact) mass is 417 g/mol. The predicted molar refractivity (Wildman–Crippen MR) is 105 cm³/mol. The number of rotatable bonds is 3. The van der Waals surface area contributed by atoms with Gasteiger partial charge in [0.15, 0.2) is 20.2 Å². The Kier molecular flexibility index (Phi) is 5.52. The van der Waals surface area contributed by atoms with Crippen molar-refractivity contribution in [2.24, 2.45) is 5.92 Å². The summed E-state index contributed by atoms with van der Waals surface area (Å²) in [4.78, 5) is 26.2. The first kappa shape index (κ1) is 23.1. The molecule has 2 fully saturated rings. The van der Waals surface area contributed by atoms with Gasteiger partial charge in [-0.25, -0.2) is 4.79 Å². The van der Waals surface area contributed by atoms with Crippen molar-refractivity contribution < 1.29 is 33.3 Å². The summed E-state index contributed by atoms with van der Waals surface area (Å²) in [5.41, 5.74) is -0.749. The van der Waals surface area contributed by atoms with Gasteiger partial charge >= 0.3 is 12.1 Å². The summed E-state index contributed by atoms with van der Waals surface area (Å²) in [5.74, 6) is -4.81. The highest BCUT2D eigenvalue weighted by atomic mass is 28.4. The summed E-state index contributed by atoms with van der Waals surface area (Å²) in [6.07, 6.45) is -1.64. The number of carboxylic acid groups (broad SMARTS) is 1. The van der Waals surface area contributed by atoms with Crippen LogP contribution in [0.5, 0.6) is 0 Å². The molecule has 2 saturated heterocycles. The van der Waals surface area contributed by atoms with Gasteiger partial charge in [-0.15, -0.1) is 0 Å². The van der Waals surface area contributed by atoms with E-state index in [-0.39, 0.29) is 11.6 Å². The van der Waals surface area contributed by atoms with Crippen molar-refractivity contribution in [1.29, 1.82) is 0 Å². The quantitative estimate of drug-likeness (QED) is 0.699. The molecular formula is C19H35NO7Si. The molecule has 0 saturated carbocycles. The Morgan fingerprint density at radius 3 is 2.11 bits per heavy atom. The van der Waals surface area contributed by atoms with E-state index in [4.69, 9.17) is 18.6 Å². The zero-order chi connectivity index (χ0) is 21.9. The lowest BCUT2D eigenvalue weighted by Crippen LogP contribution is -2.61. The van der Waals surface area contributed by atoms with Gasteiger partial charge in [0.05, 0.1) is 0 Å². The van der Waals surface area contributed by atoms with E-state index >= 15 is 0 Å².